The quantitative estimate of drug-likeness (QED) is 0.881. The highest BCUT2D eigenvalue weighted by molar-refractivity contribution is 6.30. The molecule has 118 valence electrons. The minimum atomic E-state index is 0.266. The van der Waals surface area contributed by atoms with E-state index in [2.05, 4.69) is 9.88 Å². The van der Waals surface area contributed by atoms with Crippen LogP contribution < -0.4 is 0 Å². The van der Waals surface area contributed by atoms with Gasteiger partial charge in [-0.25, -0.2) is 4.98 Å². The fourth-order valence-electron chi connectivity index (χ4n) is 3.09. The van der Waals surface area contributed by atoms with Crippen molar-refractivity contribution in [3.8, 4) is 11.3 Å². The van der Waals surface area contributed by atoms with E-state index in [1.54, 1.807) is 6.20 Å². The molecule has 0 aliphatic carbocycles. The Balaban J connectivity index is 1.66. The van der Waals surface area contributed by atoms with Crippen LogP contribution in [0.3, 0.4) is 0 Å². The van der Waals surface area contributed by atoms with Gasteiger partial charge in [0.1, 0.15) is 0 Å². The maximum Gasteiger partial charge on any atom is 0.209 e. The Kier molecular flexibility index (Phi) is 5.13. The minimum Gasteiger partial charge on any atom is -0.439 e. The number of halogens is 1. The lowest BCUT2D eigenvalue weighted by molar-refractivity contribution is 0.196. The second-order valence-corrected chi connectivity index (χ2v) is 6.20. The zero-order valence-electron chi connectivity index (χ0n) is 12.5. The molecule has 1 saturated heterocycles. The summed E-state index contributed by atoms with van der Waals surface area (Å²) in [4.78, 5) is 6.81. The van der Waals surface area contributed by atoms with Crippen LogP contribution in [0, 0.1) is 0 Å². The van der Waals surface area contributed by atoms with Crippen molar-refractivity contribution in [2.24, 2.45) is 0 Å². The molecule has 1 aliphatic heterocycles. The summed E-state index contributed by atoms with van der Waals surface area (Å²) >= 11 is 6.02. The number of nitrogens with zero attached hydrogens (tertiary/aromatic N) is 2. The molecule has 1 N–H and O–H groups in total. The van der Waals surface area contributed by atoms with Crippen molar-refractivity contribution in [3.05, 3.63) is 41.4 Å². The molecule has 3 rings (SSSR count). The van der Waals surface area contributed by atoms with E-state index in [1.165, 1.54) is 12.8 Å². The average molecular weight is 321 g/mol. The number of hydrogen-bond donors (Lipinski definition) is 1. The molecule has 1 atom stereocenters. The van der Waals surface area contributed by atoms with E-state index < -0.39 is 0 Å². The van der Waals surface area contributed by atoms with E-state index in [1.807, 2.05) is 24.3 Å². The summed E-state index contributed by atoms with van der Waals surface area (Å²) in [6.07, 6.45) is 6.07. The number of oxazole rings is 1. The molecular formula is C17H21ClN2O2. The summed E-state index contributed by atoms with van der Waals surface area (Å²) in [5.74, 6) is 1.49. The molecule has 0 bridgehead atoms. The molecule has 4 nitrogen and oxygen atoms in total. The SMILES string of the molecule is OCCCC1CCCN1Cc1ncc(-c2cccc(Cl)c2)o1. The number of aromatic nitrogens is 1. The van der Waals surface area contributed by atoms with Crippen LogP contribution >= 0.6 is 11.6 Å². The van der Waals surface area contributed by atoms with Gasteiger partial charge in [-0.2, -0.15) is 0 Å². The van der Waals surface area contributed by atoms with Gasteiger partial charge in [-0.3, -0.25) is 4.90 Å². The standard InChI is InChI=1S/C17H21ClN2O2/c18-14-5-1-4-13(10-14)16-11-19-17(22-16)12-20-8-2-6-15(20)7-3-9-21/h1,4-5,10-11,15,21H,2-3,6-9,12H2. The number of rotatable bonds is 6. The van der Waals surface area contributed by atoms with Crippen LogP contribution in [0.5, 0.6) is 0 Å². The van der Waals surface area contributed by atoms with Gasteiger partial charge in [0.25, 0.3) is 0 Å². The summed E-state index contributed by atoms with van der Waals surface area (Å²) in [5, 5.41) is 9.69. The molecule has 2 aromatic rings. The van der Waals surface area contributed by atoms with Crippen LogP contribution in [-0.2, 0) is 6.54 Å². The van der Waals surface area contributed by atoms with Crippen molar-refractivity contribution in [1.82, 2.24) is 9.88 Å². The van der Waals surface area contributed by atoms with Crippen molar-refractivity contribution in [3.63, 3.8) is 0 Å². The van der Waals surface area contributed by atoms with Crippen molar-refractivity contribution in [1.29, 1.82) is 0 Å². The highest BCUT2D eigenvalue weighted by atomic mass is 35.5. The van der Waals surface area contributed by atoms with Crippen LogP contribution in [0.25, 0.3) is 11.3 Å². The number of hydrogen-bond acceptors (Lipinski definition) is 4. The third kappa shape index (κ3) is 3.69. The molecule has 2 heterocycles. The first kappa shape index (κ1) is 15.5. The van der Waals surface area contributed by atoms with Crippen LogP contribution in [0.4, 0.5) is 0 Å². The Bertz CT molecular complexity index is 614. The number of aliphatic hydroxyl groups excluding tert-OH is 1. The highest BCUT2D eigenvalue weighted by Gasteiger charge is 2.25. The van der Waals surface area contributed by atoms with Crippen molar-refractivity contribution in [2.75, 3.05) is 13.2 Å². The zero-order chi connectivity index (χ0) is 15.4. The number of benzene rings is 1. The van der Waals surface area contributed by atoms with Gasteiger partial charge in [-0.1, -0.05) is 23.7 Å². The first-order valence-electron chi connectivity index (χ1n) is 7.82. The maximum atomic E-state index is 8.99. The number of aliphatic hydroxyl groups is 1. The van der Waals surface area contributed by atoms with Crippen LogP contribution in [-0.4, -0.2) is 34.2 Å². The molecule has 0 saturated carbocycles. The summed E-state index contributed by atoms with van der Waals surface area (Å²) < 4.78 is 5.88. The zero-order valence-corrected chi connectivity index (χ0v) is 13.3. The van der Waals surface area contributed by atoms with Gasteiger partial charge in [0.15, 0.2) is 5.76 Å². The lowest BCUT2D eigenvalue weighted by Gasteiger charge is -2.22. The van der Waals surface area contributed by atoms with Crippen molar-refractivity contribution in [2.45, 2.75) is 38.3 Å². The molecule has 1 fully saturated rings. The fraction of sp³-hybridized carbons (Fsp3) is 0.471. The van der Waals surface area contributed by atoms with Crippen molar-refractivity contribution >= 4 is 11.6 Å². The second-order valence-electron chi connectivity index (χ2n) is 5.76. The van der Waals surface area contributed by atoms with Gasteiger partial charge in [0.05, 0.1) is 12.7 Å². The molecule has 0 radical (unpaired) electrons. The van der Waals surface area contributed by atoms with E-state index >= 15 is 0 Å². The Labute approximate surface area is 135 Å². The first-order chi connectivity index (χ1) is 10.8. The molecule has 22 heavy (non-hydrogen) atoms. The molecule has 1 aromatic carbocycles. The van der Waals surface area contributed by atoms with Gasteiger partial charge in [-0.15, -0.1) is 0 Å². The molecule has 1 aliphatic rings. The molecule has 0 amide bonds. The molecular weight excluding hydrogens is 300 g/mol. The first-order valence-corrected chi connectivity index (χ1v) is 8.19. The van der Waals surface area contributed by atoms with Gasteiger partial charge in [0.2, 0.25) is 5.89 Å². The average Bonchev–Trinajstić information content (AvgIpc) is 3.15. The van der Waals surface area contributed by atoms with E-state index in [-0.39, 0.29) is 6.61 Å². The maximum absolute atomic E-state index is 8.99. The molecule has 1 aromatic heterocycles. The number of likely N-dealkylation sites (tertiary alicyclic amines) is 1. The molecule has 0 spiro atoms. The van der Waals surface area contributed by atoms with Gasteiger partial charge in [-0.05, 0) is 44.4 Å². The largest absolute Gasteiger partial charge is 0.439 e. The molecule has 1 unspecified atom stereocenters. The minimum absolute atomic E-state index is 0.266. The summed E-state index contributed by atoms with van der Waals surface area (Å²) in [6, 6.07) is 8.14. The van der Waals surface area contributed by atoms with Crippen LogP contribution in [0.15, 0.2) is 34.9 Å². The highest BCUT2D eigenvalue weighted by Crippen LogP contribution is 2.26. The predicted molar refractivity (Wildman–Crippen MR) is 86.7 cm³/mol. The summed E-state index contributed by atoms with van der Waals surface area (Å²) in [6.45, 7) is 2.07. The normalized spacial score (nSPS) is 18.9. The van der Waals surface area contributed by atoms with Crippen molar-refractivity contribution < 1.29 is 9.52 Å². The van der Waals surface area contributed by atoms with Gasteiger partial charge >= 0.3 is 0 Å². The van der Waals surface area contributed by atoms with Crippen LogP contribution in [0.1, 0.15) is 31.6 Å². The van der Waals surface area contributed by atoms with Gasteiger partial charge in [0, 0.05) is 23.2 Å². The lowest BCUT2D eigenvalue weighted by atomic mass is 10.1. The Morgan fingerprint density at radius 3 is 3.14 bits per heavy atom. The monoisotopic (exact) mass is 320 g/mol. The van der Waals surface area contributed by atoms with E-state index in [0.717, 1.165) is 43.1 Å². The van der Waals surface area contributed by atoms with E-state index in [4.69, 9.17) is 21.1 Å². The van der Waals surface area contributed by atoms with E-state index in [9.17, 15) is 0 Å². The van der Waals surface area contributed by atoms with Crippen LogP contribution in [0.2, 0.25) is 5.02 Å². The Hall–Kier alpha value is -1.36. The second kappa shape index (κ2) is 7.27. The Morgan fingerprint density at radius 1 is 1.41 bits per heavy atom. The van der Waals surface area contributed by atoms with E-state index in [0.29, 0.717) is 11.1 Å². The lowest BCUT2D eigenvalue weighted by Crippen LogP contribution is -2.29. The predicted octanol–water partition coefficient (Wildman–Crippen LogP) is 3.73. The van der Waals surface area contributed by atoms with Gasteiger partial charge < -0.3 is 9.52 Å². The summed E-state index contributed by atoms with van der Waals surface area (Å²) in [7, 11) is 0. The summed E-state index contributed by atoms with van der Waals surface area (Å²) in [5.41, 5.74) is 0.949. The topological polar surface area (TPSA) is 49.5 Å². The Morgan fingerprint density at radius 2 is 2.32 bits per heavy atom. The third-order valence-electron chi connectivity index (χ3n) is 4.20. The molecule has 5 heteroatoms. The third-order valence-corrected chi connectivity index (χ3v) is 4.43. The smallest absolute Gasteiger partial charge is 0.209 e. The fourth-order valence-corrected chi connectivity index (χ4v) is 3.28.